The molecule has 0 aliphatic carbocycles. The van der Waals surface area contributed by atoms with Gasteiger partial charge in [-0.15, -0.1) is 0 Å². The van der Waals surface area contributed by atoms with Crippen LogP contribution in [0.15, 0.2) is 24.3 Å². The summed E-state index contributed by atoms with van der Waals surface area (Å²) in [5, 5.41) is 24.3. The largest absolute Gasteiger partial charge is 0.508 e. The second kappa shape index (κ2) is 12.4. The molecule has 11 heteroatoms. The van der Waals surface area contributed by atoms with Gasteiger partial charge in [0, 0.05) is 13.0 Å². The van der Waals surface area contributed by atoms with E-state index in [2.05, 4.69) is 10.6 Å². The van der Waals surface area contributed by atoms with E-state index in [-0.39, 0.29) is 12.2 Å². The van der Waals surface area contributed by atoms with Crippen LogP contribution < -0.4 is 16.4 Å². The summed E-state index contributed by atoms with van der Waals surface area (Å²) in [6, 6.07) is 2.54. The summed E-state index contributed by atoms with van der Waals surface area (Å²) in [7, 11) is 0. The van der Waals surface area contributed by atoms with E-state index in [1.807, 2.05) is 6.26 Å². The SMILES string of the molecule is CSCCC(NC(=O)C(Cc1ccc(O)cc1)NC(=O)C(C)N)C(=O)N1CCCC1C(=O)O. The molecule has 0 bridgehead atoms. The van der Waals surface area contributed by atoms with E-state index in [0.29, 0.717) is 37.1 Å². The van der Waals surface area contributed by atoms with Crippen molar-refractivity contribution in [1.29, 1.82) is 0 Å². The number of phenolic OH excluding ortho intramolecular Hbond substituents is 1. The Labute approximate surface area is 197 Å². The van der Waals surface area contributed by atoms with Crippen LogP contribution in [0.25, 0.3) is 0 Å². The van der Waals surface area contributed by atoms with Crippen molar-refractivity contribution in [1.82, 2.24) is 15.5 Å². The molecule has 6 N–H and O–H groups in total. The molecule has 3 amide bonds. The highest BCUT2D eigenvalue weighted by molar-refractivity contribution is 7.98. The summed E-state index contributed by atoms with van der Waals surface area (Å²) < 4.78 is 0. The molecule has 10 nitrogen and oxygen atoms in total. The van der Waals surface area contributed by atoms with Gasteiger partial charge >= 0.3 is 5.97 Å². The summed E-state index contributed by atoms with van der Waals surface area (Å²) in [6.07, 6.45) is 3.27. The van der Waals surface area contributed by atoms with Gasteiger partial charge in [0.2, 0.25) is 17.7 Å². The van der Waals surface area contributed by atoms with E-state index in [0.717, 1.165) is 0 Å². The monoisotopic (exact) mass is 480 g/mol. The van der Waals surface area contributed by atoms with Crippen molar-refractivity contribution >= 4 is 35.5 Å². The van der Waals surface area contributed by atoms with Crippen LogP contribution in [0.5, 0.6) is 5.75 Å². The van der Waals surface area contributed by atoms with E-state index in [1.54, 1.807) is 12.1 Å². The second-order valence-corrected chi connectivity index (χ2v) is 9.08. The highest BCUT2D eigenvalue weighted by Crippen LogP contribution is 2.20. The first-order valence-electron chi connectivity index (χ1n) is 10.8. The van der Waals surface area contributed by atoms with Crippen LogP contribution in [-0.2, 0) is 25.6 Å². The van der Waals surface area contributed by atoms with Gasteiger partial charge in [-0.1, -0.05) is 12.1 Å². The minimum Gasteiger partial charge on any atom is -0.508 e. The lowest BCUT2D eigenvalue weighted by Crippen LogP contribution is -2.57. The van der Waals surface area contributed by atoms with E-state index < -0.39 is 47.9 Å². The molecule has 1 aliphatic rings. The lowest BCUT2D eigenvalue weighted by molar-refractivity contribution is -0.149. The fourth-order valence-electron chi connectivity index (χ4n) is 3.63. The first-order valence-corrected chi connectivity index (χ1v) is 12.2. The van der Waals surface area contributed by atoms with Crippen molar-refractivity contribution in [2.24, 2.45) is 5.73 Å². The first-order chi connectivity index (χ1) is 15.6. The Balaban J connectivity index is 2.21. The third-order valence-corrected chi connectivity index (χ3v) is 6.11. The number of amides is 3. The molecule has 4 atom stereocenters. The van der Waals surface area contributed by atoms with Gasteiger partial charge in [-0.05, 0) is 55.9 Å². The highest BCUT2D eigenvalue weighted by Gasteiger charge is 2.38. The number of nitrogens with zero attached hydrogens (tertiary/aromatic N) is 1. The minimum absolute atomic E-state index is 0.0701. The van der Waals surface area contributed by atoms with Crippen molar-refractivity contribution in [3.63, 3.8) is 0 Å². The average Bonchev–Trinajstić information content (AvgIpc) is 3.27. The van der Waals surface area contributed by atoms with Gasteiger partial charge < -0.3 is 31.5 Å². The smallest absolute Gasteiger partial charge is 0.326 e. The normalized spacial score (nSPS) is 18.3. The summed E-state index contributed by atoms with van der Waals surface area (Å²) in [6.45, 7) is 1.81. The fourth-order valence-corrected chi connectivity index (χ4v) is 4.10. The Kier molecular flexibility index (Phi) is 9.98. The number of hydrogen-bond acceptors (Lipinski definition) is 7. The van der Waals surface area contributed by atoms with Gasteiger partial charge in [-0.2, -0.15) is 11.8 Å². The Morgan fingerprint density at radius 2 is 1.79 bits per heavy atom. The lowest BCUT2D eigenvalue weighted by Gasteiger charge is -2.29. The van der Waals surface area contributed by atoms with Crippen LogP contribution in [0.4, 0.5) is 0 Å². The maximum atomic E-state index is 13.2. The first kappa shape index (κ1) is 26.5. The molecular weight excluding hydrogens is 448 g/mol. The second-order valence-electron chi connectivity index (χ2n) is 8.09. The molecule has 4 unspecified atom stereocenters. The quantitative estimate of drug-likeness (QED) is 0.297. The molecule has 1 aliphatic heterocycles. The van der Waals surface area contributed by atoms with Gasteiger partial charge in [0.15, 0.2) is 0 Å². The standard InChI is InChI=1S/C22H32N4O6S/c1-13(23)19(28)25-17(12-14-5-7-15(27)8-6-14)20(29)24-16(9-11-33-2)21(30)26-10-3-4-18(26)22(31)32/h5-8,13,16-18,27H,3-4,9-12,23H2,1-2H3,(H,24,29)(H,25,28)(H,31,32). The molecule has 1 aromatic carbocycles. The molecule has 182 valence electrons. The van der Waals surface area contributed by atoms with E-state index in [4.69, 9.17) is 5.73 Å². The summed E-state index contributed by atoms with van der Waals surface area (Å²) in [5.41, 5.74) is 6.33. The van der Waals surface area contributed by atoms with Gasteiger partial charge in [0.1, 0.15) is 23.9 Å². The van der Waals surface area contributed by atoms with Gasteiger partial charge in [0.25, 0.3) is 0 Å². The Morgan fingerprint density at radius 1 is 1.15 bits per heavy atom. The van der Waals surface area contributed by atoms with E-state index in [9.17, 15) is 29.4 Å². The predicted octanol–water partition coefficient (Wildman–Crippen LogP) is 0.0802. The number of thioether (sulfide) groups is 1. The van der Waals surface area contributed by atoms with Crippen molar-refractivity contribution in [2.45, 2.75) is 56.8 Å². The molecule has 0 spiro atoms. The van der Waals surface area contributed by atoms with Crippen LogP contribution in [-0.4, -0.2) is 81.5 Å². The Morgan fingerprint density at radius 3 is 2.36 bits per heavy atom. The number of carbonyl (C=O) groups excluding carboxylic acids is 3. The molecular formula is C22H32N4O6S. The average molecular weight is 481 g/mol. The van der Waals surface area contributed by atoms with Crippen LogP contribution in [0.3, 0.4) is 0 Å². The molecule has 1 aromatic rings. The number of benzene rings is 1. The molecule has 1 heterocycles. The maximum absolute atomic E-state index is 13.2. The van der Waals surface area contributed by atoms with Crippen LogP contribution >= 0.6 is 11.8 Å². The number of carboxylic acid groups (broad SMARTS) is 1. The minimum atomic E-state index is -1.06. The predicted molar refractivity (Wildman–Crippen MR) is 125 cm³/mol. The molecule has 2 rings (SSSR count). The van der Waals surface area contributed by atoms with E-state index >= 15 is 0 Å². The zero-order valence-electron chi connectivity index (χ0n) is 18.8. The van der Waals surface area contributed by atoms with Crippen LogP contribution in [0.2, 0.25) is 0 Å². The third kappa shape index (κ3) is 7.64. The van der Waals surface area contributed by atoms with Crippen molar-refractivity contribution in [3.8, 4) is 5.75 Å². The number of carboxylic acids is 1. The van der Waals surface area contributed by atoms with Gasteiger partial charge in [0.05, 0.1) is 6.04 Å². The van der Waals surface area contributed by atoms with Crippen LogP contribution in [0.1, 0.15) is 31.7 Å². The number of aliphatic carboxylic acids is 1. The molecule has 1 saturated heterocycles. The zero-order valence-corrected chi connectivity index (χ0v) is 19.6. The molecule has 0 radical (unpaired) electrons. The summed E-state index contributed by atoms with van der Waals surface area (Å²) in [5.74, 6) is -1.94. The lowest BCUT2D eigenvalue weighted by atomic mass is 10.0. The van der Waals surface area contributed by atoms with Crippen molar-refractivity contribution in [3.05, 3.63) is 29.8 Å². The number of likely N-dealkylation sites (tertiary alicyclic amines) is 1. The molecule has 0 aromatic heterocycles. The Bertz CT molecular complexity index is 848. The van der Waals surface area contributed by atoms with E-state index in [1.165, 1.54) is 35.7 Å². The fraction of sp³-hybridized carbons (Fsp3) is 0.545. The maximum Gasteiger partial charge on any atom is 0.326 e. The number of carbonyl (C=O) groups is 4. The number of rotatable bonds is 11. The number of aromatic hydroxyl groups is 1. The number of nitrogens with two attached hydrogens (primary N) is 1. The van der Waals surface area contributed by atoms with Gasteiger partial charge in [-0.25, -0.2) is 4.79 Å². The highest BCUT2D eigenvalue weighted by atomic mass is 32.2. The summed E-state index contributed by atoms with van der Waals surface area (Å²) in [4.78, 5) is 51.4. The van der Waals surface area contributed by atoms with Crippen molar-refractivity contribution in [2.75, 3.05) is 18.6 Å². The van der Waals surface area contributed by atoms with Crippen LogP contribution in [0, 0.1) is 0 Å². The Hall–Kier alpha value is -2.79. The number of phenols is 1. The molecule has 0 saturated carbocycles. The third-order valence-electron chi connectivity index (χ3n) is 5.47. The van der Waals surface area contributed by atoms with Crippen molar-refractivity contribution < 1.29 is 29.4 Å². The number of hydrogen-bond donors (Lipinski definition) is 5. The van der Waals surface area contributed by atoms with Gasteiger partial charge in [-0.3, -0.25) is 14.4 Å². The zero-order chi connectivity index (χ0) is 24.5. The number of nitrogens with one attached hydrogen (secondary N) is 2. The summed E-state index contributed by atoms with van der Waals surface area (Å²) >= 11 is 1.50. The topological polar surface area (TPSA) is 162 Å². The molecule has 1 fully saturated rings. The molecule has 33 heavy (non-hydrogen) atoms.